The molecule has 2 rings (SSSR count). The van der Waals surface area contributed by atoms with Crippen LogP contribution in [0.2, 0.25) is 0 Å². The second-order valence-corrected chi connectivity index (χ2v) is 4.93. The van der Waals surface area contributed by atoms with E-state index in [0.717, 1.165) is 0 Å². The van der Waals surface area contributed by atoms with Gasteiger partial charge in [-0.25, -0.2) is 4.39 Å². The van der Waals surface area contributed by atoms with Gasteiger partial charge in [-0.2, -0.15) is 0 Å². The lowest BCUT2D eigenvalue weighted by Crippen LogP contribution is -2.45. The highest BCUT2D eigenvalue weighted by atomic mass is 19.1. The molecule has 0 amide bonds. The van der Waals surface area contributed by atoms with Gasteiger partial charge in [0.1, 0.15) is 17.2 Å². The van der Waals surface area contributed by atoms with Gasteiger partial charge in [-0.1, -0.05) is 6.07 Å². The van der Waals surface area contributed by atoms with Crippen LogP contribution in [0, 0.1) is 5.82 Å². The maximum atomic E-state index is 13.7. The Balaban J connectivity index is 1.89. The van der Waals surface area contributed by atoms with Crippen LogP contribution in [0.4, 0.5) is 4.39 Å². The van der Waals surface area contributed by atoms with Crippen LogP contribution in [-0.2, 0) is 11.3 Å². The lowest BCUT2D eigenvalue weighted by molar-refractivity contribution is -0.0263. The standard InChI is InChI=1S/C14H20FNO3/c1-10-14(17,5-6-19-10)9-16-8-11-3-4-12(18-2)7-13(11)15/h3-4,7,10,16-17H,5-6,8-9H2,1-2H3. The average molecular weight is 269 g/mol. The highest BCUT2D eigenvalue weighted by molar-refractivity contribution is 5.28. The summed E-state index contributed by atoms with van der Waals surface area (Å²) in [5.41, 5.74) is -0.306. The molecule has 106 valence electrons. The van der Waals surface area contributed by atoms with Crippen LogP contribution >= 0.6 is 0 Å². The van der Waals surface area contributed by atoms with E-state index in [1.807, 2.05) is 6.92 Å². The summed E-state index contributed by atoms with van der Waals surface area (Å²) in [6.45, 7) is 3.17. The van der Waals surface area contributed by atoms with Crippen LogP contribution in [0.1, 0.15) is 18.9 Å². The smallest absolute Gasteiger partial charge is 0.131 e. The lowest BCUT2D eigenvalue weighted by Gasteiger charge is -2.26. The number of nitrogens with one attached hydrogen (secondary N) is 1. The fraction of sp³-hybridized carbons (Fsp3) is 0.571. The quantitative estimate of drug-likeness (QED) is 0.850. The number of rotatable bonds is 5. The first-order valence-electron chi connectivity index (χ1n) is 6.42. The highest BCUT2D eigenvalue weighted by Gasteiger charge is 2.38. The first-order chi connectivity index (χ1) is 9.05. The third kappa shape index (κ3) is 3.23. The molecule has 1 aromatic rings. The molecule has 0 aliphatic carbocycles. The van der Waals surface area contributed by atoms with E-state index in [1.165, 1.54) is 13.2 Å². The monoisotopic (exact) mass is 269 g/mol. The van der Waals surface area contributed by atoms with Crippen molar-refractivity contribution < 1.29 is 19.0 Å². The van der Waals surface area contributed by atoms with E-state index in [4.69, 9.17) is 9.47 Å². The zero-order valence-corrected chi connectivity index (χ0v) is 11.3. The minimum absolute atomic E-state index is 0.194. The molecule has 4 nitrogen and oxygen atoms in total. The molecule has 0 saturated carbocycles. The Labute approximate surface area is 112 Å². The van der Waals surface area contributed by atoms with Crippen molar-refractivity contribution in [2.45, 2.75) is 31.6 Å². The van der Waals surface area contributed by atoms with Gasteiger partial charge >= 0.3 is 0 Å². The minimum Gasteiger partial charge on any atom is -0.497 e. The van der Waals surface area contributed by atoms with Gasteiger partial charge in [0.15, 0.2) is 0 Å². The van der Waals surface area contributed by atoms with Gasteiger partial charge in [0.05, 0.1) is 13.2 Å². The van der Waals surface area contributed by atoms with Crippen LogP contribution in [-0.4, -0.2) is 37.1 Å². The van der Waals surface area contributed by atoms with Gasteiger partial charge in [-0.05, 0) is 13.0 Å². The summed E-state index contributed by atoms with van der Waals surface area (Å²) in [5.74, 6) is 0.187. The number of aliphatic hydroxyl groups is 1. The van der Waals surface area contributed by atoms with E-state index in [1.54, 1.807) is 12.1 Å². The fourth-order valence-electron chi connectivity index (χ4n) is 2.21. The summed E-state index contributed by atoms with van der Waals surface area (Å²) >= 11 is 0. The summed E-state index contributed by atoms with van der Waals surface area (Å²) in [4.78, 5) is 0. The van der Waals surface area contributed by atoms with E-state index in [0.29, 0.717) is 37.4 Å². The topological polar surface area (TPSA) is 50.7 Å². The molecule has 2 atom stereocenters. The Morgan fingerprint density at radius 2 is 2.37 bits per heavy atom. The molecule has 1 aromatic carbocycles. The summed E-state index contributed by atoms with van der Waals surface area (Å²) in [7, 11) is 1.50. The molecular weight excluding hydrogens is 249 g/mol. The molecule has 2 N–H and O–H groups in total. The van der Waals surface area contributed by atoms with Crippen LogP contribution in [0.15, 0.2) is 18.2 Å². The second-order valence-electron chi connectivity index (χ2n) is 4.93. The zero-order valence-electron chi connectivity index (χ0n) is 11.3. The van der Waals surface area contributed by atoms with E-state index < -0.39 is 5.60 Å². The van der Waals surface area contributed by atoms with Gasteiger partial charge in [0.25, 0.3) is 0 Å². The van der Waals surface area contributed by atoms with Crippen molar-refractivity contribution in [1.82, 2.24) is 5.32 Å². The second kappa shape index (κ2) is 5.86. The van der Waals surface area contributed by atoms with Crippen LogP contribution < -0.4 is 10.1 Å². The summed E-state index contributed by atoms with van der Waals surface area (Å²) in [6, 6.07) is 4.75. The van der Waals surface area contributed by atoms with Crippen molar-refractivity contribution in [2.24, 2.45) is 0 Å². The van der Waals surface area contributed by atoms with Crippen molar-refractivity contribution in [2.75, 3.05) is 20.3 Å². The number of hydrogen-bond donors (Lipinski definition) is 2. The van der Waals surface area contributed by atoms with E-state index in [-0.39, 0.29) is 11.9 Å². The number of hydrogen-bond acceptors (Lipinski definition) is 4. The van der Waals surface area contributed by atoms with Gasteiger partial charge < -0.3 is 19.9 Å². The number of methoxy groups -OCH3 is 1. The molecule has 2 unspecified atom stereocenters. The first kappa shape index (κ1) is 14.2. The number of halogens is 1. The van der Waals surface area contributed by atoms with E-state index in [9.17, 15) is 9.50 Å². The molecule has 0 spiro atoms. The fourth-order valence-corrected chi connectivity index (χ4v) is 2.21. The Bertz CT molecular complexity index is 441. The van der Waals surface area contributed by atoms with Crippen molar-refractivity contribution in [1.29, 1.82) is 0 Å². The minimum atomic E-state index is -0.858. The summed E-state index contributed by atoms with van der Waals surface area (Å²) in [5, 5.41) is 13.4. The molecule has 1 aliphatic heterocycles. The predicted molar refractivity (Wildman–Crippen MR) is 69.6 cm³/mol. The van der Waals surface area contributed by atoms with Gasteiger partial charge in [0.2, 0.25) is 0 Å². The maximum Gasteiger partial charge on any atom is 0.131 e. The largest absolute Gasteiger partial charge is 0.497 e. The Kier molecular flexibility index (Phi) is 4.39. The number of ether oxygens (including phenoxy) is 2. The molecule has 1 fully saturated rings. The van der Waals surface area contributed by atoms with Crippen molar-refractivity contribution >= 4 is 0 Å². The predicted octanol–water partition coefficient (Wildman–Crippen LogP) is 1.46. The van der Waals surface area contributed by atoms with Crippen molar-refractivity contribution in [3.63, 3.8) is 0 Å². The van der Waals surface area contributed by atoms with Gasteiger partial charge in [-0.3, -0.25) is 0 Å². The summed E-state index contributed by atoms with van der Waals surface area (Å²) < 4.78 is 24.0. The average Bonchev–Trinajstić information content (AvgIpc) is 2.72. The SMILES string of the molecule is COc1ccc(CNCC2(O)CCOC2C)c(F)c1. The Morgan fingerprint density at radius 3 is 2.95 bits per heavy atom. The molecular formula is C14H20FNO3. The van der Waals surface area contributed by atoms with Crippen molar-refractivity contribution in [3.05, 3.63) is 29.6 Å². The summed E-state index contributed by atoms with van der Waals surface area (Å²) in [6.07, 6.45) is 0.410. The molecule has 1 aliphatic rings. The first-order valence-corrected chi connectivity index (χ1v) is 6.42. The van der Waals surface area contributed by atoms with E-state index in [2.05, 4.69) is 5.32 Å². The van der Waals surface area contributed by atoms with E-state index >= 15 is 0 Å². The molecule has 0 radical (unpaired) electrons. The highest BCUT2D eigenvalue weighted by Crippen LogP contribution is 2.25. The maximum absolute atomic E-state index is 13.7. The Hall–Kier alpha value is -1.17. The van der Waals surface area contributed by atoms with Crippen LogP contribution in [0.5, 0.6) is 5.75 Å². The molecule has 5 heteroatoms. The molecule has 1 saturated heterocycles. The zero-order chi connectivity index (χ0) is 13.9. The van der Waals surface area contributed by atoms with Crippen LogP contribution in [0.3, 0.4) is 0 Å². The number of benzene rings is 1. The third-order valence-corrected chi connectivity index (χ3v) is 3.67. The molecule has 0 bridgehead atoms. The third-order valence-electron chi connectivity index (χ3n) is 3.67. The lowest BCUT2D eigenvalue weighted by atomic mass is 9.96. The molecule has 19 heavy (non-hydrogen) atoms. The molecule has 0 aromatic heterocycles. The van der Waals surface area contributed by atoms with Gasteiger partial charge in [0, 0.05) is 37.7 Å². The Morgan fingerprint density at radius 1 is 1.58 bits per heavy atom. The van der Waals surface area contributed by atoms with Crippen LogP contribution in [0.25, 0.3) is 0 Å². The van der Waals surface area contributed by atoms with Gasteiger partial charge in [-0.15, -0.1) is 0 Å². The van der Waals surface area contributed by atoms with Crippen molar-refractivity contribution in [3.8, 4) is 5.75 Å². The normalized spacial score (nSPS) is 26.6. The molecule has 1 heterocycles.